The predicted octanol–water partition coefficient (Wildman–Crippen LogP) is 2.01. The number of hydrogen-bond acceptors (Lipinski definition) is 4. The summed E-state index contributed by atoms with van der Waals surface area (Å²) in [5, 5.41) is 4.27. The molecule has 0 aliphatic heterocycles. The van der Waals surface area contributed by atoms with Gasteiger partial charge in [-0.3, -0.25) is 0 Å². The first kappa shape index (κ1) is 11.8. The Bertz CT molecular complexity index is 529. The number of fused-ring (bicyclic) bond motifs is 1. The van der Waals surface area contributed by atoms with Crippen LogP contribution in [-0.2, 0) is 0 Å². The molecule has 0 aliphatic carbocycles. The second-order valence-corrected chi connectivity index (χ2v) is 4.58. The van der Waals surface area contributed by atoms with E-state index >= 15 is 0 Å². The molecule has 0 atom stereocenters. The van der Waals surface area contributed by atoms with E-state index in [4.69, 9.17) is 0 Å². The van der Waals surface area contributed by atoms with Crippen molar-refractivity contribution in [1.29, 1.82) is 0 Å². The molecule has 0 N–H and O–H groups in total. The smallest absolute Gasteiger partial charge is 0.254 e. The minimum absolute atomic E-state index is 0.417. The van der Waals surface area contributed by atoms with Gasteiger partial charge in [0.1, 0.15) is 12.1 Å². The average molecular weight is 233 g/mol. The van der Waals surface area contributed by atoms with Crippen LogP contribution in [0.15, 0.2) is 6.33 Å². The van der Waals surface area contributed by atoms with Crippen molar-refractivity contribution in [3.05, 3.63) is 17.6 Å². The summed E-state index contributed by atoms with van der Waals surface area (Å²) in [6.45, 7) is 9.46. The van der Waals surface area contributed by atoms with Crippen molar-refractivity contribution in [2.75, 3.05) is 18.5 Å². The second kappa shape index (κ2) is 4.31. The van der Waals surface area contributed by atoms with Crippen LogP contribution in [0.1, 0.15) is 37.9 Å². The maximum absolute atomic E-state index is 4.50. The Morgan fingerprint density at radius 3 is 2.71 bits per heavy atom. The molecular weight excluding hydrogens is 214 g/mol. The number of anilines is 1. The van der Waals surface area contributed by atoms with Gasteiger partial charge in [-0.15, -0.1) is 0 Å². The minimum atomic E-state index is 0.417. The number of hydrogen-bond donors (Lipinski definition) is 0. The van der Waals surface area contributed by atoms with Crippen molar-refractivity contribution in [2.45, 2.75) is 33.6 Å². The van der Waals surface area contributed by atoms with Gasteiger partial charge in [0.2, 0.25) is 0 Å². The van der Waals surface area contributed by atoms with Gasteiger partial charge in [0, 0.05) is 24.8 Å². The van der Waals surface area contributed by atoms with E-state index in [-0.39, 0.29) is 0 Å². The first-order chi connectivity index (χ1) is 8.06. The lowest BCUT2D eigenvalue weighted by atomic mass is 10.0. The molecule has 0 unspecified atom stereocenters. The first-order valence-corrected chi connectivity index (χ1v) is 5.97. The van der Waals surface area contributed by atoms with E-state index in [9.17, 15) is 0 Å². The third kappa shape index (κ3) is 1.85. The lowest BCUT2D eigenvalue weighted by Crippen LogP contribution is -2.23. The van der Waals surface area contributed by atoms with E-state index in [1.807, 2.05) is 11.4 Å². The third-order valence-electron chi connectivity index (χ3n) is 3.04. The second-order valence-electron chi connectivity index (χ2n) is 4.58. The van der Waals surface area contributed by atoms with Crippen LogP contribution < -0.4 is 4.90 Å². The van der Waals surface area contributed by atoms with Crippen molar-refractivity contribution >= 4 is 11.6 Å². The van der Waals surface area contributed by atoms with Crippen LogP contribution in [0, 0.1) is 6.92 Å². The highest BCUT2D eigenvalue weighted by Crippen LogP contribution is 2.28. The van der Waals surface area contributed by atoms with Crippen LogP contribution in [0.4, 0.5) is 5.82 Å². The molecule has 2 heterocycles. The molecule has 0 fully saturated rings. The van der Waals surface area contributed by atoms with Crippen molar-refractivity contribution in [1.82, 2.24) is 19.6 Å². The summed E-state index contributed by atoms with van der Waals surface area (Å²) >= 11 is 0. The van der Waals surface area contributed by atoms with E-state index in [1.54, 1.807) is 6.33 Å². The third-order valence-corrected chi connectivity index (χ3v) is 3.04. The average Bonchev–Trinajstić information content (AvgIpc) is 2.73. The molecule has 2 rings (SSSR count). The summed E-state index contributed by atoms with van der Waals surface area (Å²) < 4.78 is 1.83. The van der Waals surface area contributed by atoms with Crippen LogP contribution in [-0.4, -0.2) is 33.2 Å². The van der Waals surface area contributed by atoms with Crippen LogP contribution in [0.5, 0.6) is 0 Å². The largest absolute Gasteiger partial charge is 0.360 e. The fourth-order valence-corrected chi connectivity index (χ4v) is 2.14. The molecule has 0 aliphatic rings. The van der Waals surface area contributed by atoms with E-state index in [0.29, 0.717) is 11.7 Å². The minimum Gasteiger partial charge on any atom is -0.360 e. The molecule has 5 heteroatoms. The van der Waals surface area contributed by atoms with Gasteiger partial charge in [-0.1, -0.05) is 13.8 Å². The summed E-state index contributed by atoms with van der Waals surface area (Å²) in [5.74, 6) is 2.19. The molecule has 0 spiro atoms. The zero-order chi connectivity index (χ0) is 12.6. The molecule has 0 bridgehead atoms. The SMILES string of the molecule is CCN(C)c1c(C(C)C)c(C)nc2ncnn12. The summed E-state index contributed by atoms with van der Waals surface area (Å²) in [4.78, 5) is 10.9. The van der Waals surface area contributed by atoms with Gasteiger partial charge in [-0.2, -0.15) is 14.6 Å². The van der Waals surface area contributed by atoms with E-state index in [2.05, 4.69) is 47.8 Å². The van der Waals surface area contributed by atoms with Gasteiger partial charge in [0.25, 0.3) is 5.78 Å². The molecule has 2 aromatic rings. The number of aromatic nitrogens is 4. The van der Waals surface area contributed by atoms with Gasteiger partial charge >= 0.3 is 0 Å². The maximum Gasteiger partial charge on any atom is 0.254 e. The zero-order valence-corrected chi connectivity index (χ0v) is 11.1. The molecule has 0 aromatic carbocycles. The number of aryl methyl sites for hydroxylation is 1. The molecule has 5 nitrogen and oxygen atoms in total. The van der Waals surface area contributed by atoms with Crippen molar-refractivity contribution in [2.24, 2.45) is 0 Å². The van der Waals surface area contributed by atoms with Crippen LogP contribution in [0.3, 0.4) is 0 Å². The van der Waals surface area contributed by atoms with Gasteiger partial charge in [0.05, 0.1) is 0 Å². The van der Waals surface area contributed by atoms with E-state index in [0.717, 1.165) is 18.1 Å². The van der Waals surface area contributed by atoms with Gasteiger partial charge in [-0.05, 0) is 19.8 Å². The summed E-state index contributed by atoms with van der Waals surface area (Å²) in [5.41, 5.74) is 2.28. The lowest BCUT2D eigenvalue weighted by Gasteiger charge is -2.23. The van der Waals surface area contributed by atoms with Crippen LogP contribution in [0.25, 0.3) is 5.78 Å². The normalized spacial score (nSPS) is 11.4. The summed E-state index contributed by atoms with van der Waals surface area (Å²) in [7, 11) is 2.07. The van der Waals surface area contributed by atoms with Crippen molar-refractivity contribution in [3.63, 3.8) is 0 Å². The van der Waals surface area contributed by atoms with Crippen molar-refractivity contribution < 1.29 is 0 Å². The first-order valence-electron chi connectivity index (χ1n) is 5.97. The Morgan fingerprint density at radius 2 is 2.12 bits per heavy atom. The zero-order valence-electron chi connectivity index (χ0n) is 11.1. The maximum atomic E-state index is 4.50. The fraction of sp³-hybridized carbons (Fsp3) is 0.583. The van der Waals surface area contributed by atoms with Gasteiger partial charge in [0.15, 0.2) is 0 Å². The van der Waals surface area contributed by atoms with Crippen LogP contribution in [0.2, 0.25) is 0 Å². The Balaban J connectivity index is 2.80. The molecule has 92 valence electrons. The Morgan fingerprint density at radius 1 is 1.41 bits per heavy atom. The molecule has 2 aromatic heterocycles. The Labute approximate surface area is 101 Å². The van der Waals surface area contributed by atoms with Crippen molar-refractivity contribution in [3.8, 4) is 0 Å². The van der Waals surface area contributed by atoms with Gasteiger partial charge < -0.3 is 4.90 Å². The van der Waals surface area contributed by atoms with Gasteiger partial charge in [-0.25, -0.2) is 4.98 Å². The highest BCUT2D eigenvalue weighted by atomic mass is 15.4. The number of nitrogens with zero attached hydrogens (tertiary/aromatic N) is 5. The molecule has 0 radical (unpaired) electrons. The molecular formula is C12H19N5. The Kier molecular flexibility index (Phi) is 3.00. The van der Waals surface area contributed by atoms with E-state index < -0.39 is 0 Å². The molecule has 0 saturated heterocycles. The standard InChI is InChI=1S/C12H19N5/c1-6-16(5)11-10(8(2)3)9(4)15-12-13-7-14-17(11)12/h7-8H,6H2,1-5H3. The monoisotopic (exact) mass is 233 g/mol. The topological polar surface area (TPSA) is 46.3 Å². The molecule has 0 amide bonds. The summed E-state index contributed by atoms with van der Waals surface area (Å²) in [6.07, 6.45) is 1.55. The molecule has 17 heavy (non-hydrogen) atoms. The quantitative estimate of drug-likeness (QED) is 0.813. The Hall–Kier alpha value is -1.65. The van der Waals surface area contributed by atoms with E-state index in [1.165, 1.54) is 5.56 Å². The summed E-state index contributed by atoms with van der Waals surface area (Å²) in [6, 6.07) is 0. The lowest BCUT2D eigenvalue weighted by molar-refractivity contribution is 0.774. The highest BCUT2D eigenvalue weighted by molar-refractivity contribution is 5.55. The predicted molar refractivity (Wildman–Crippen MR) is 68.6 cm³/mol. The fourth-order valence-electron chi connectivity index (χ4n) is 2.14. The molecule has 0 saturated carbocycles. The highest BCUT2D eigenvalue weighted by Gasteiger charge is 2.19. The van der Waals surface area contributed by atoms with Crippen LogP contribution >= 0.6 is 0 Å². The number of rotatable bonds is 3.